The monoisotopic (exact) mass is 136 g/mol. The lowest BCUT2D eigenvalue weighted by atomic mass is 10.5. The van der Waals surface area contributed by atoms with Crippen LogP contribution in [0.3, 0.4) is 0 Å². The van der Waals surface area contributed by atoms with Crippen LogP contribution in [0.4, 0.5) is 0 Å². The first kappa shape index (κ1) is 8.02. The van der Waals surface area contributed by atoms with Crippen LogP contribution in [0.5, 0.6) is 0 Å². The molecule has 0 bridgehead atoms. The zero-order valence-electron chi connectivity index (χ0n) is 4.94. The van der Waals surface area contributed by atoms with Crippen molar-refractivity contribution in [2.45, 2.75) is 6.42 Å². The van der Waals surface area contributed by atoms with Gasteiger partial charge in [-0.2, -0.15) is 0 Å². The van der Waals surface area contributed by atoms with E-state index in [0.29, 0.717) is 0 Å². The quantitative estimate of drug-likeness (QED) is 0.443. The lowest BCUT2D eigenvalue weighted by molar-refractivity contribution is 0.196. The molecule has 0 saturated heterocycles. The van der Waals surface area contributed by atoms with Crippen LogP contribution >= 0.6 is 8.61 Å². The average molecular weight is 136 g/mol. The summed E-state index contributed by atoms with van der Waals surface area (Å²) in [5, 5.41) is 2.68. The van der Waals surface area contributed by atoms with Crippen LogP contribution in [0.2, 0.25) is 0 Å². The Morgan fingerprint density at radius 3 is 3.00 bits per heavy atom. The molecule has 0 saturated carbocycles. The van der Waals surface area contributed by atoms with Gasteiger partial charge in [-0.05, 0) is 6.42 Å². The molecule has 0 radical (unpaired) electrons. The fourth-order valence-corrected chi connectivity index (χ4v) is 0.635. The number of rotatable bonds is 5. The zero-order valence-corrected chi connectivity index (χ0v) is 5.94. The largest absolute Gasteiger partial charge is 0.418 e. The molecule has 0 spiro atoms. The van der Waals surface area contributed by atoms with Crippen LogP contribution < -0.4 is 5.09 Å². The number of hydrogen-bond donors (Lipinski definition) is 1. The topological polar surface area (TPSA) is 38.3 Å². The van der Waals surface area contributed by atoms with Gasteiger partial charge in [0.1, 0.15) is 0 Å². The van der Waals surface area contributed by atoms with E-state index in [1.54, 1.807) is 7.11 Å². The highest BCUT2D eigenvalue weighted by Crippen LogP contribution is 1.82. The van der Waals surface area contributed by atoms with Gasteiger partial charge in [0.05, 0.1) is 0 Å². The van der Waals surface area contributed by atoms with Crippen LogP contribution in [-0.4, -0.2) is 20.3 Å². The molecule has 0 aliphatic rings. The van der Waals surface area contributed by atoms with Crippen LogP contribution in [0.15, 0.2) is 0 Å². The van der Waals surface area contributed by atoms with Crippen molar-refractivity contribution in [3.05, 3.63) is 0 Å². The summed E-state index contributed by atoms with van der Waals surface area (Å²) in [6.45, 7) is 1.51. The Balaban J connectivity index is 2.62. The standard InChI is InChI=1S/C4H10NO2P/c1-7-4-2-3-5-8-6/h2-4H2,1H3,(H,5,6)/p+1. The Morgan fingerprint density at radius 2 is 2.50 bits per heavy atom. The maximum atomic E-state index is 9.77. The molecule has 0 aliphatic carbocycles. The van der Waals surface area contributed by atoms with Gasteiger partial charge >= 0.3 is 8.61 Å². The minimum absolute atomic E-state index is 0.387. The van der Waals surface area contributed by atoms with Gasteiger partial charge in [0.2, 0.25) is 0 Å². The summed E-state index contributed by atoms with van der Waals surface area (Å²) < 4.78 is 14.5. The van der Waals surface area contributed by atoms with E-state index in [0.717, 1.165) is 19.6 Å². The molecule has 3 nitrogen and oxygen atoms in total. The first-order valence-electron chi connectivity index (χ1n) is 2.50. The van der Waals surface area contributed by atoms with E-state index in [4.69, 9.17) is 4.74 Å². The van der Waals surface area contributed by atoms with Crippen LogP contribution in [0.1, 0.15) is 6.42 Å². The summed E-state index contributed by atoms with van der Waals surface area (Å²) in [5.74, 6) is 0. The molecule has 0 aliphatic heterocycles. The third-order valence-electron chi connectivity index (χ3n) is 0.722. The summed E-state index contributed by atoms with van der Waals surface area (Å²) in [7, 11) is 1.27. The maximum absolute atomic E-state index is 9.77. The molecule has 1 N–H and O–H groups in total. The molecule has 48 valence electrons. The second-order valence-corrected chi connectivity index (χ2v) is 1.93. The van der Waals surface area contributed by atoms with E-state index in [2.05, 4.69) is 5.09 Å². The average Bonchev–Trinajstić information content (AvgIpc) is 1.81. The van der Waals surface area contributed by atoms with Crippen molar-refractivity contribution in [2.75, 3.05) is 20.3 Å². The van der Waals surface area contributed by atoms with Crippen LogP contribution in [0.25, 0.3) is 0 Å². The Labute approximate surface area is 50.7 Å². The molecule has 0 aromatic carbocycles. The molecule has 0 fully saturated rings. The molecule has 0 amide bonds. The lowest BCUT2D eigenvalue weighted by Gasteiger charge is -1.90. The van der Waals surface area contributed by atoms with Crippen molar-refractivity contribution < 1.29 is 9.30 Å². The fraction of sp³-hybridized carbons (Fsp3) is 1.00. The van der Waals surface area contributed by atoms with Gasteiger partial charge in [-0.25, -0.2) is 0 Å². The summed E-state index contributed by atoms with van der Waals surface area (Å²) in [6, 6.07) is 0. The lowest BCUT2D eigenvalue weighted by Crippen LogP contribution is -2.03. The smallest absolute Gasteiger partial charge is 0.385 e. The van der Waals surface area contributed by atoms with Gasteiger partial charge in [-0.15, -0.1) is 5.09 Å². The van der Waals surface area contributed by atoms with Gasteiger partial charge < -0.3 is 4.74 Å². The van der Waals surface area contributed by atoms with Gasteiger partial charge in [-0.3, -0.25) is 0 Å². The third kappa shape index (κ3) is 6.02. The summed E-state index contributed by atoms with van der Waals surface area (Å²) >= 11 is 0. The summed E-state index contributed by atoms with van der Waals surface area (Å²) in [5.41, 5.74) is 0. The maximum Gasteiger partial charge on any atom is 0.418 e. The number of ether oxygens (including phenoxy) is 1. The molecule has 8 heavy (non-hydrogen) atoms. The zero-order chi connectivity index (χ0) is 6.24. The molecular weight excluding hydrogens is 125 g/mol. The Kier molecular flexibility index (Phi) is 7.04. The molecule has 0 aromatic rings. The third-order valence-corrected chi connectivity index (χ3v) is 1.12. The SMILES string of the molecule is COCCCN[PH+]=O. The Bertz CT molecular complexity index is 60.0. The predicted molar refractivity (Wildman–Crippen MR) is 33.5 cm³/mol. The summed E-state index contributed by atoms with van der Waals surface area (Å²) in [6.07, 6.45) is 0.922. The minimum atomic E-state index is -0.387. The predicted octanol–water partition coefficient (Wildman–Crippen LogP) is 0.551. The van der Waals surface area contributed by atoms with Crippen molar-refractivity contribution in [1.82, 2.24) is 5.09 Å². The normalized spacial score (nSPS) is 10.1. The van der Waals surface area contributed by atoms with Gasteiger partial charge in [0.15, 0.2) is 0 Å². The van der Waals surface area contributed by atoms with Crippen LogP contribution in [-0.2, 0) is 9.30 Å². The Hall–Kier alpha value is 0.0200. The van der Waals surface area contributed by atoms with E-state index >= 15 is 0 Å². The Morgan fingerprint density at radius 1 is 1.75 bits per heavy atom. The van der Waals surface area contributed by atoms with Crippen molar-refractivity contribution in [1.29, 1.82) is 0 Å². The van der Waals surface area contributed by atoms with E-state index in [-0.39, 0.29) is 8.61 Å². The van der Waals surface area contributed by atoms with E-state index in [9.17, 15) is 4.57 Å². The molecule has 1 unspecified atom stereocenters. The fourth-order valence-electron chi connectivity index (χ4n) is 0.356. The number of methoxy groups -OCH3 is 1. The number of hydrogen-bond acceptors (Lipinski definition) is 2. The second kappa shape index (κ2) is 7.02. The molecule has 4 heteroatoms. The van der Waals surface area contributed by atoms with Crippen molar-refractivity contribution in [3.8, 4) is 0 Å². The van der Waals surface area contributed by atoms with E-state index in [1.165, 1.54) is 0 Å². The van der Waals surface area contributed by atoms with Crippen LogP contribution in [0, 0.1) is 0 Å². The highest BCUT2D eigenvalue weighted by atomic mass is 31.1. The van der Waals surface area contributed by atoms with E-state index in [1.807, 2.05) is 0 Å². The molecule has 0 heterocycles. The van der Waals surface area contributed by atoms with Gasteiger partial charge in [0, 0.05) is 20.3 Å². The van der Waals surface area contributed by atoms with Gasteiger partial charge in [-0.1, -0.05) is 4.57 Å². The summed E-state index contributed by atoms with van der Waals surface area (Å²) in [4.78, 5) is 0. The first-order chi connectivity index (χ1) is 3.91. The minimum Gasteiger partial charge on any atom is -0.385 e. The molecule has 0 aromatic heterocycles. The first-order valence-corrected chi connectivity index (χ1v) is 3.41. The molecular formula is C4H11NO2P+. The van der Waals surface area contributed by atoms with Crippen molar-refractivity contribution in [3.63, 3.8) is 0 Å². The molecule has 1 atom stereocenters. The van der Waals surface area contributed by atoms with Crippen molar-refractivity contribution >= 4 is 8.61 Å². The van der Waals surface area contributed by atoms with Crippen molar-refractivity contribution in [2.24, 2.45) is 0 Å². The highest BCUT2D eigenvalue weighted by molar-refractivity contribution is 7.21. The highest BCUT2D eigenvalue weighted by Gasteiger charge is 1.87. The van der Waals surface area contributed by atoms with E-state index < -0.39 is 0 Å². The second-order valence-electron chi connectivity index (χ2n) is 1.38. The van der Waals surface area contributed by atoms with Gasteiger partial charge in [0.25, 0.3) is 0 Å². The molecule has 0 rings (SSSR count). The number of nitrogens with one attached hydrogen (secondary N) is 1.